The number of thioether (sulfide) groups is 1. The van der Waals surface area contributed by atoms with Crippen LogP contribution in [0.25, 0.3) is 0 Å². The fourth-order valence-electron chi connectivity index (χ4n) is 2.86. The summed E-state index contributed by atoms with van der Waals surface area (Å²) in [5, 5.41) is 10.4. The van der Waals surface area contributed by atoms with Gasteiger partial charge in [-0.1, -0.05) is 53.7 Å². The van der Waals surface area contributed by atoms with Crippen LogP contribution in [0.4, 0.5) is 0 Å². The first-order chi connectivity index (χ1) is 13.0. The molecule has 0 spiro atoms. The number of hydrogen-bond donors (Lipinski definition) is 0. The van der Waals surface area contributed by atoms with E-state index < -0.39 is 0 Å². The molecule has 0 saturated heterocycles. The maximum Gasteiger partial charge on any atom is 0.191 e. The summed E-state index contributed by atoms with van der Waals surface area (Å²) < 4.78 is 8.30. The van der Waals surface area contributed by atoms with E-state index in [1.165, 1.54) is 5.56 Å². The summed E-state index contributed by atoms with van der Waals surface area (Å²) in [6.07, 6.45) is -0.187. The topological polar surface area (TPSA) is 39.9 Å². The Morgan fingerprint density at radius 3 is 2.63 bits per heavy atom. The molecule has 0 bridgehead atoms. The van der Waals surface area contributed by atoms with Gasteiger partial charge in [0.2, 0.25) is 0 Å². The molecule has 142 valence electrons. The molecule has 1 heterocycles. The quantitative estimate of drug-likeness (QED) is 0.455. The molecule has 3 rings (SSSR count). The second-order valence-electron chi connectivity index (χ2n) is 6.42. The molecule has 6 heteroatoms. The highest BCUT2D eigenvalue weighted by atomic mass is 35.5. The van der Waals surface area contributed by atoms with Crippen LogP contribution in [0.15, 0.2) is 47.6 Å². The lowest BCUT2D eigenvalue weighted by Crippen LogP contribution is -2.12. The monoisotopic (exact) mass is 401 g/mol. The van der Waals surface area contributed by atoms with Crippen molar-refractivity contribution in [3.8, 4) is 5.75 Å². The van der Waals surface area contributed by atoms with Crippen LogP contribution in [0, 0.1) is 13.8 Å². The summed E-state index contributed by atoms with van der Waals surface area (Å²) in [6, 6.07) is 14.0. The van der Waals surface area contributed by atoms with Crippen LogP contribution in [0.3, 0.4) is 0 Å². The van der Waals surface area contributed by atoms with Gasteiger partial charge < -0.3 is 9.30 Å². The number of aryl methyl sites for hydroxylation is 1. The Kier molecular flexibility index (Phi) is 6.45. The zero-order valence-corrected chi connectivity index (χ0v) is 17.6. The number of halogens is 1. The van der Waals surface area contributed by atoms with Crippen molar-refractivity contribution < 1.29 is 4.74 Å². The third-order valence-corrected chi connectivity index (χ3v) is 5.98. The van der Waals surface area contributed by atoms with Crippen molar-refractivity contribution in [1.29, 1.82) is 0 Å². The van der Waals surface area contributed by atoms with Crippen LogP contribution in [0.1, 0.15) is 42.5 Å². The minimum Gasteiger partial charge on any atom is -0.482 e. The molecular weight excluding hydrogens is 378 g/mol. The molecule has 0 N–H and O–H groups in total. The van der Waals surface area contributed by atoms with Gasteiger partial charge in [0.05, 0.1) is 0 Å². The van der Waals surface area contributed by atoms with Crippen LogP contribution in [-0.2, 0) is 12.3 Å². The second kappa shape index (κ2) is 8.81. The van der Waals surface area contributed by atoms with E-state index in [0.717, 1.165) is 45.2 Å². The zero-order valence-electron chi connectivity index (χ0n) is 16.1. The van der Waals surface area contributed by atoms with Gasteiger partial charge in [-0.05, 0) is 56.5 Å². The van der Waals surface area contributed by atoms with Gasteiger partial charge in [0.25, 0.3) is 0 Å². The fraction of sp³-hybridized carbons (Fsp3) is 0.333. The summed E-state index contributed by atoms with van der Waals surface area (Å²) in [6.45, 7) is 9.06. The van der Waals surface area contributed by atoms with E-state index in [4.69, 9.17) is 16.3 Å². The lowest BCUT2D eigenvalue weighted by Gasteiger charge is -2.17. The number of ether oxygens (including phenoxy) is 1. The smallest absolute Gasteiger partial charge is 0.191 e. The summed E-state index contributed by atoms with van der Waals surface area (Å²) in [7, 11) is 0. The summed E-state index contributed by atoms with van der Waals surface area (Å²) in [5.41, 5.74) is 3.46. The molecule has 0 aliphatic carbocycles. The van der Waals surface area contributed by atoms with Gasteiger partial charge in [0.1, 0.15) is 5.75 Å². The summed E-state index contributed by atoms with van der Waals surface area (Å²) >= 11 is 7.90. The van der Waals surface area contributed by atoms with Crippen LogP contribution < -0.4 is 4.74 Å². The Balaban J connectivity index is 1.76. The Hall–Kier alpha value is -1.98. The van der Waals surface area contributed by atoms with Crippen LogP contribution in [-0.4, -0.2) is 14.8 Å². The lowest BCUT2D eigenvalue weighted by atomic mass is 10.1. The Bertz CT molecular complexity index is 926. The van der Waals surface area contributed by atoms with Crippen molar-refractivity contribution in [2.45, 2.75) is 51.3 Å². The molecule has 0 saturated carbocycles. The van der Waals surface area contributed by atoms with Gasteiger partial charge in [0, 0.05) is 17.3 Å². The molecule has 4 nitrogen and oxygen atoms in total. The number of benzene rings is 2. The number of hydrogen-bond acceptors (Lipinski definition) is 4. The Labute approximate surface area is 169 Å². The van der Waals surface area contributed by atoms with Crippen molar-refractivity contribution in [3.63, 3.8) is 0 Å². The van der Waals surface area contributed by atoms with Crippen molar-refractivity contribution in [1.82, 2.24) is 14.8 Å². The van der Waals surface area contributed by atoms with Crippen molar-refractivity contribution in [2.75, 3.05) is 0 Å². The first kappa shape index (κ1) is 19.8. The highest BCUT2D eigenvalue weighted by Gasteiger charge is 2.19. The average Bonchev–Trinajstić information content (AvgIpc) is 3.08. The van der Waals surface area contributed by atoms with Crippen LogP contribution in [0.5, 0.6) is 5.75 Å². The minimum absolute atomic E-state index is 0.187. The Morgan fingerprint density at radius 1 is 1.11 bits per heavy atom. The molecule has 2 aromatic carbocycles. The van der Waals surface area contributed by atoms with E-state index in [9.17, 15) is 0 Å². The minimum atomic E-state index is -0.187. The summed E-state index contributed by atoms with van der Waals surface area (Å²) in [4.78, 5) is 0. The predicted octanol–water partition coefficient (Wildman–Crippen LogP) is 6.00. The lowest BCUT2D eigenvalue weighted by molar-refractivity contribution is 0.208. The first-order valence-corrected chi connectivity index (χ1v) is 10.4. The molecule has 27 heavy (non-hydrogen) atoms. The number of rotatable bonds is 7. The summed E-state index contributed by atoms with van der Waals surface area (Å²) in [5.74, 6) is 2.47. The maximum absolute atomic E-state index is 6.26. The van der Waals surface area contributed by atoms with Gasteiger partial charge in [-0.3, -0.25) is 0 Å². The van der Waals surface area contributed by atoms with E-state index in [2.05, 4.69) is 41.6 Å². The van der Waals surface area contributed by atoms with E-state index in [-0.39, 0.29) is 6.10 Å². The van der Waals surface area contributed by atoms with Crippen molar-refractivity contribution in [2.24, 2.45) is 0 Å². The Morgan fingerprint density at radius 2 is 1.89 bits per heavy atom. The van der Waals surface area contributed by atoms with E-state index >= 15 is 0 Å². The molecule has 0 aliphatic rings. The molecule has 0 radical (unpaired) electrons. The predicted molar refractivity (Wildman–Crippen MR) is 112 cm³/mol. The SMILES string of the molecule is CCn1c(SCc2ccccc2Cl)nnc1C(C)Oc1cccc(C)c1C. The molecule has 1 atom stereocenters. The van der Waals surface area contributed by atoms with Gasteiger partial charge in [-0.2, -0.15) is 0 Å². The van der Waals surface area contributed by atoms with Crippen LogP contribution >= 0.6 is 23.4 Å². The van der Waals surface area contributed by atoms with Gasteiger partial charge in [-0.15, -0.1) is 10.2 Å². The first-order valence-electron chi connectivity index (χ1n) is 9.03. The van der Waals surface area contributed by atoms with Gasteiger partial charge in [0.15, 0.2) is 17.1 Å². The van der Waals surface area contributed by atoms with Crippen molar-refractivity contribution in [3.05, 3.63) is 70.0 Å². The molecule has 0 amide bonds. The number of nitrogens with zero attached hydrogens (tertiary/aromatic N) is 3. The highest BCUT2D eigenvalue weighted by molar-refractivity contribution is 7.98. The van der Waals surface area contributed by atoms with Crippen molar-refractivity contribution >= 4 is 23.4 Å². The van der Waals surface area contributed by atoms with E-state index in [0.29, 0.717) is 0 Å². The second-order valence-corrected chi connectivity index (χ2v) is 7.77. The number of aromatic nitrogens is 3. The normalized spacial score (nSPS) is 12.2. The molecule has 3 aromatic rings. The van der Waals surface area contributed by atoms with E-state index in [1.54, 1.807) is 11.8 Å². The van der Waals surface area contributed by atoms with Crippen LogP contribution in [0.2, 0.25) is 5.02 Å². The van der Waals surface area contributed by atoms with E-state index in [1.807, 2.05) is 43.3 Å². The largest absolute Gasteiger partial charge is 0.482 e. The zero-order chi connectivity index (χ0) is 19.4. The fourth-order valence-corrected chi connectivity index (χ4v) is 4.15. The van der Waals surface area contributed by atoms with Gasteiger partial charge >= 0.3 is 0 Å². The third-order valence-electron chi connectivity index (χ3n) is 4.60. The molecule has 0 fully saturated rings. The standard InChI is InChI=1S/C21H24ClN3OS/c1-5-25-20(16(4)26-19-12-8-9-14(2)15(19)3)23-24-21(25)27-13-17-10-6-7-11-18(17)22/h6-12,16H,5,13H2,1-4H3. The maximum atomic E-state index is 6.26. The third kappa shape index (κ3) is 4.47. The molecule has 1 unspecified atom stereocenters. The highest BCUT2D eigenvalue weighted by Crippen LogP contribution is 2.30. The average molecular weight is 402 g/mol. The van der Waals surface area contributed by atoms with Gasteiger partial charge in [-0.25, -0.2) is 0 Å². The molecule has 0 aliphatic heterocycles. The molecule has 1 aromatic heterocycles. The molecular formula is C21H24ClN3OS.